The zero-order valence-corrected chi connectivity index (χ0v) is 13.3. The molecule has 2 rings (SSSR count). The molecule has 5 nitrogen and oxygen atoms in total. The Bertz CT molecular complexity index is 786. The van der Waals surface area contributed by atoms with Crippen molar-refractivity contribution in [2.45, 2.75) is 6.92 Å². The summed E-state index contributed by atoms with van der Waals surface area (Å²) in [5.41, 5.74) is 1.31. The van der Waals surface area contributed by atoms with Crippen LogP contribution in [-0.4, -0.2) is 24.8 Å². The maximum absolute atomic E-state index is 12.3. The van der Waals surface area contributed by atoms with Crippen LogP contribution in [0, 0.1) is 0 Å². The van der Waals surface area contributed by atoms with Gasteiger partial charge in [0.15, 0.2) is 5.78 Å². The van der Waals surface area contributed by atoms with Crippen LogP contribution in [0.1, 0.15) is 38.0 Å². The molecule has 0 spiro atoms. The molecule has 0 radical (unpaired) electrons. The van der Waals surface area contributed by atoms with E-state index in [1.54, 1.807) is 30.3 Å². The minimum atomic E-state index is -0.531. The number of carbonyl (C=O) groups excluding carboxylic acids is 3. The van der Waals surface area contributed by atoms with Crippen LogP contribution in [0.15, 0.2) is 42.5 Å². The summed E-state index contributed by atoms with van der Waals surface area (Å²) in [6, 6.07) is 10.7. The summed E-state index contributed by atoms with van der Waals surface area (Å²) >= 11 is 6.04. The Balaban J connectivity index is 2.27. The van der Waals surface area contributed by atoms with Crippen LogP contribution in [0.3, 0.4) is 0 Å². The van der Waals surface area contributed by atoms with Crippen LogP contribution in [-0.2, 0) is 4.74 Å². The molecule has 0 saturated carbocycles. The van der Waals surface area contributed by atoms with Gasteiger partial charge in [-0.05, 0) is 43.3 Å². The van der Waals surface area contributed by atoms with Gasteiger partial charge in [-0.3, -0.25) is 9.59 Å². The molecule has 1 amide bonds. The third-order valence-electron chi connectivity index (χ3n) is 3.17. The highest BCUT2D eigenvalue weighted by molar-refractivity contribution is 6.34. The Kier molecular flexibility index (Phi) is 5.13. The van der Waals surface area contributed by atoms with Gasteiger partial charge in [0.25, 0.3) is 5.91 Å². The molecule has 23 heavy (non-hydrogen) atoms. The van der Waals surface area contributed by atoms with E-state index in [4.69, 9.17) is 11.6 Å². The molecular formula is C17H14ClNO4. The lowest BCUT2D eigenvalue weighted by molar-refractivity contribution is 0.0600. The maximum Gasteiger partial charge on any atom is 0.337 e. The lowest BCUT2D eigenvalue weighted by Gasteiger charge is -2.09. The van der Waals surface area contributed by atoms with E-state index in [2.05, 4.69) is 10.1 Å². The van der Waals surface area contributed by atoms with Crippen molar-refractivity contribution in [3.8, 4) is 0 Å². The number of benzene rings is 2. The smallest absolute Gasteiger partial charge is 0.337 e. The van der Waals surface area contributed by atoms with Gasteiger partial charge >= 0.3 is 5.97 Å². The van der Waals surface area contributed by atoms with Crippen molar-refractivity contribution in [3.63, 3.8) is 0 Å². The number of methoxy groups -OCH3 is 1. The monoisotopic (exact) mass is 331 g/mol. The van der Waals surface area contributed by atoms with Gasteiger partial charge in [-0.25, -0.2) is 4.79 Å². The summed E-state index contributed by atoms with van der Waals surface area (Å²) in [6.45, 7) is 1.43. The number of halogens is 1. The highest BCUT2D eigenvalue weighted by atomic mass is 35.5. The first kappa shape index (κ1) is 16.7. The number of amides is 1. The summed E-state index contributed by atoms with van der Waals surface area (Å²) in [5.74, 6) is -1.11. The maximum atomic E-state index is 12.3. The number of nitrogens with one attached hydrogen (secondary N) is 1. The predicted molar refractivity (Wildman–Crippen MR) is 87.2 cm³/mol. The molecule has 0 bridgehead atoms. The van der Waals surface area contributed by atoms with Crippen molar-refractivity contribution < 1.29 is 19.1 Å². The van der Waals surface area contributed by atoms with Crippen molar-refractivity contribution in [2.24, 2.45) is 0 Å². The fraction of sp³-hybridized carbons (Fsp3) is 0.118. The van der Waals surface area contributed by atoms with Gasteiger partial charge in [0.2, 0.25) is 0 Å². The van der Waals surface area contributed by atoms with Crippen molar-refractivity contribution >= 4 is 34.9 Å². The SMILES string of the molecule is COC(=O)c1cccc(C(=O)Nc2cc(C(C)=O)ccc2Cl)c1. The minimum absolute atomic E-state index is 0.134. The van der Waals surface area contributed by atoms with Gasteiger partial charge < -0.3 is 10.1 Å². The largest absolute Gasteiger partial charge is 0.465 e. The molecule has 6 heteroatoms. The lowest BCUT2D eigenvalue weighted by atomic mass is 10.1. The molecule has 0 aliphatic rings. The van der Waals surface area contributed by atoms with E-state index in [1.165, 1.54) is 26.2 Å². The fourth-order valence-corrected chi connectivity index (χ4v) is 2.10. The molecule has 0 aliphatic carbocycles. The van der Waals surface area contributed by atoms with Crippen LogP contribution < -0.4 is 5.32 Å². The molecule has 0 heterocycles. The van der Waals surface area contributed by atoms with Crippen LogP contribution in [0.4, 0.5) is 5.69 Å². The second kappa shape index (κ2) is 7.07. The van der Waals surface area contributed by atoms with Crippen LogP contribution in [0.5, 0.6) is 0 Å². The Morgan fingerprint density at radius 1 is 1.00 bits per heavy atom. The first-order valence-corrected chi connectivity index (χ1v) is 7.10. The number of rotatable bonds is 4. The van der Waals surface area contributed by atoms with Gasteiger partial charge in [0.1, 0.15) is 0 Å². The molecule has 0 fully saturated rings. The number of carbonyl (C=O) groups is 3. The number of hydrogen-bond acceptors (Lipinski definition) is 4. The quantitative estimate of drug-likeness (QED) is 0.686. The summed E-state index contributed by atoms with van der Waals surface area (Å²) < 4.78 is 4.62. The number of hydrogen-bond donors (Lipinski definition) is 1. The molecule has 0 unspecified atom stereocenters. The van der Waals surface area contributed by atoms with Gasteiger partial charge in [-0.1, -0.05) is 17.7 Å². The van der Waals surface area contributed by atoms with E-state index in [0.29, 0.717) is 16.3 Å². The first-order valence-electron chi connectivity index (χ1n) is 6.72. The zero-order chi connectivity index (χ0) is 17.0. The molecule has 2 aromatic carbocycles. The number of Topliss-reactive ketones (excluding diaryl/α,β-unsaturated/α-hetero) is 1. The zero-order valence-electron chi connectivity index (χ0n) is 12.6. The Labute approximate surface area is 138 Å². The van der Waals surface area contributed by atoms with Crippen LogP contribution in [0.2, 0.25) is 5.02 Å². The second-order valence-corrected chi connectivity index (χ2v) is 5.18. The van der Waals surface area contributed by atoms with E-state index in [0.717, 1.165) is 0 Å². The van der Waals surface area contributed by atoms with E-state index < -0.39 is 11.9 Å². The highest BCUT2D eigenvalue weighted by Crippen LogP contribution is 2.24. The summed E-state index contributed by atoms with van der Waals surface area (Å²) in [7, 11) is 1.27. The Morgan fingerprint density at radius 3 is 2.35 bits per heavy atom. The number of anilines is 1. The third-order valence-corrected chi connectivity index (χ3v) is 3.50. The molecular weight excluding hydrogens is 318 g/mol. The lowest BCUT2D eigenvalue weighted by Crippen LogP contribution is -2.14. The summed E-state index contributed by atoms with van der Waals surface area (Å²) in [4.78, 5) is 35.2. The molecule has 0 atom stereocenters. The van der Waals surface area contributed by atoms with Crippen molar-refractivity contribution in [2.75, 3.05) is 12.4 Å². The van der Waals surface area contributed by atoms with Crippen molar-refractivity contribution in [1.82, 2.24) is 0 Å². The van der Waals surface area contributed by atoms with Crippen molar-refractivity contribution in [3.05, 3.63) is 64.2 Å². The normalized spacial score (nSPS) is 10.0. The van der Waals surface area contributed by atoms with Crippen LogP contribution in [0.25, 0.3) is 0 Å². The predicted octanol–water partition coefficient (Wildman–Crippen LogP) is 3.58. The number of ether oxygens (including phenoxy) is 1. The van der Waals surface area contributed by atoms with Gasteiger partial charge in [0.05, 0.1) is 23.4 Å². The topological polar surface area (TPSA) is 72.5 Å². The molecule has 0 saturated heterocycles. The first-order chi connectivity index (χ1) is 10.9. The third kappa shape index (κ3) is 3.96. The molecule has 1 N–H and O–H groups in total. The van der Waals surface area contributed by atoms with E-state index in [-0.39, 0.29) is 16.9 Å². The standard InChI is InChI=1S/C17H14ClNO4/c1-10(20)11-6-7-14(18)15(9-11)19-16(21)12-4-3-5-13(8-12)17(22)23-2/h3-9H,1-2H3,(H,19,21). The van der Waals surface area contributed by atoms with Crippen LogP contribution >= 0.6 is 11.6 Å². The Hall–Kier alpha value is -2.66. The number of esters is 1. The average molecular weight is 332 g/mol. The molecule has 0 aliphatic heterocycles. The van der Waals surface area contributed by atoms with E-state index in [1.807, 2.05) is 0 Å². The molecule has 118 valence electrons. The molecule has 2 aromatic rings. The fourth-order valence-electron chi connectivity index (χ4n) is 1.94. The average Bonchev–Trinajstić information content (AvgIpc) is 2.55. The number of ketones is 1. The van der Waals surface area contributed by atoms with Gasteiger partial charge in [0, 0.05) is 11.1 Å². The van der Waals surface area contributed by atoms with Crippen molar-refractivity contribution in [1.29, 1.82) is 0 Å². The van der Waals surface area contributed by atoms with E-state index >= 15 is 0 Å². The minimum Gasteiger partial charge on any atom is -0.465 e. The van der Waals surface area contributed by atoms with Gasteiger partial charge in [-0.15, -0.1) is 0 Å². The Morgan fingerprint density at radius 2 is 1.70 bits per heavy atom. The highest BCUT2D eigenvalue weighted by Gasteiger charge is 2.13. The second-order valence-electron chi connectivity index (χ2n) is 4.78. The van der Waals surface area contributed by atoms with Gasteiger partial charge in [-0.2, -0.15) is 0 Å². The van der Waals surface area contributed by atoms with E-state index in [9.17, 15) is 14.4 Å². The summed E-state index contributed by atoms with van der Waals surface area (Å²) in [5, 5.41) is 2.94. The molecule has 0 aromatic heterocycles. The summed E-state index contributed by atoms with van der Waals surface area (Å²) in [6.07, 6.45) is 0.